The van der Waals surface area contributed by atoms with E-state index in [4.69, 9.17) is 4.74 Å². The van der Waals surface area contributed by atoms with Crippen molar-refractivity contribution in [1.82, 2.24) is 4.57 Å². The molecule has 0 saturated heterocycles. The van der Waals surface area contributed by atoms with Gasteiger partial charge in [0, 0.05) is 0 Å². The van der Waals surface area contributed by atoms with Crippen LogP contribution in [0.3, 0.4) is 0 Å². The van der Waals surface area contributed by atoms with Crippen molar-refractivity contribution < 1.29 is 14.3 Å². The topological polar surface area (TPSA) is 48.3 Å². The molecule has 0 spiro atoms. The molecule has 0 aliphatic heterocycles. The average molecular weight is 536 g/mol. The molecule has 0 N–H and O–H groups in total. The number of ketones is 1. The Morgan fingerprint density at radius 1 is 0.875 bits per heavy atom. The third-order valence-corrected chi connectivity index (χ3v) is 10.4. The van der Waals surface area contributed by atoms with Crippen LogP contribution in [0.1, 0.15) is 47.8 Å². The second-order valence-electron chi connectivity index (χ2n) is 9.84. The van der Waals surface area contributed by atoms with E-state index in [-0.39, 0.29) is 5.78 Å². The van der Waals surface area contributed by atoms with E-state index in [1.165, 1.54) is 0 Å². The molecular formula is C27H31NO3Sn. The summed E-state index contributed by atoms with van der Waals surface area (Å²) < 4.78 is 8.23. The third kappa shape index (κ3) is 5.80. The number of nitrogens with zero attached hydrogens (tertiary/aromatic N) is 1. The first-order valence-electron chi connectivity index (χ1n) is 10.8. The minimum absolute atomic E-state index is 0.0996. The molecule has 0 atom stereocenters. The van der Waals surface area contributed by atoms with E-state index >= 15 is 0 Å². The van der Waals surface area contributed by atoms with Gasteiger partial charge < -0.3 is 0 Å². The number of carbonyl (C=O) groups excluding carboxylic acids is 2. The Bertz CT molecular complexity index is 1130. The molecule has 1 heterocycles. The van der Waals surface area contributed by atoms with Gasteiger partial charge >= 0.3 is 195 Å². The van der Waals surface area contributed by atoms with Crippen molar-refractivity contribution in [3.63, 3.8) is 0 Å². The van der Waals surface area contributed by atoms with Crippen LogP contribution in [0.15, 0.2) is 66.9 Å². The van der Waals surface area contributed by atoms with Crippen molar-refractivity contribution in [2.75, 3.05) is 0 Å². The van der Waals surface area contributed by atoms with Crippen LogP contribution < -0.4 is 3.71 Å². The molecular weight excluding hydrogens is 505 g/mol. The predicted octanol–water partition coefficient (Wildman–Crippen LogP) is 6.22. The number of ether oxygens (including phenoxy) is 1. The van der Waals surface area contributed by atoms with E-state index in [0.29, 0.717) is 11.1 Å². The Labute approximate surface area is 194 Å². The summed E-state index contributed by atoms with van der Waals surface area (Å²) in [5.74, 6) is -0.0996. The van der Waals surface area contributed by atoms with Crippen molar-refractivity contribution in [1.29, 1.82) is 0 Å². The summed E-state index contributed by atoms with van der Waals surface area (Å²) in [6.07, 6.45) is 5.20. The molecule has 0 saturated carbocycles. The van der Waals surface area contributed by atoms with Gasteiger partial charge in [0.05, 0.1) is 0 Å². The maximum atomic E-state index is 13.5. The van der Waals surface area contributed by atoms with E-state index in [9.17, 15) is 9.59 Å². The predicted molar refractivity (Wildman–Crippen MR) is 134 cm³/mol. The van der Waals surface area contributed by atoms with E-state index in [1.54, 1.807) is 22.9 Å². The van der Waals surface area contributed by atoms with Gasteiger partial charge in [-0.15, -0.1) is 0 Å². The normalized spacial score (nSPS) is 12.2. The average Bonchev–Trinajstić information content (AvgIpc) is 3.12. The zero-order chi connectivity index (χ0) is 23.5. The zero-order valence-corrected chi connectivity index (χ0v) is 22.5. The molecule has 0 aliphatic carbocycles. The van der Waals surface area contributed by atoms with Crippen LogP contribution in [0.25, 0.3) is 12.2 Å². The number of aromatic nitrogens is 1. The van der Waals surface area contributed by atoms with E-state index in [2.05, 4.69) is 14.8 Å². The molecule has 3 aromatic rings. The van der Waals surface area contributed by atoms with Crippen LogP contribution in [0, 0.1) is 0 Å². The first-order chi connectivity index (χ1) is 15.0. The maximum absolute atomic E-state index is 13.5. The molecule has 0 amide bonds. The van der Waals surface area contributed by atoms with Gasteiger partial charge in [0.1, 0.15) is 0 Å². The number of carbonyl (C=O) groups is 2. The van der Waals surface area contributed by atoms with Gasteiger partial charge in [0.2, 0.25) is 0 Å². The Hall–Kier alpha value is -2.60. The Morgan fingerprint density at radius 3 is 1.97 bits per heavy atom. The summed E-state index contributed by atoms with van der Waals surface area (Å²) in [7, 11) is 0. The minimum atomic E-state index is -2.91. The summed E-state index contributed by atoms with van der Waals surface area (Å²) >= 11 is -2.91. The summed E-state index contributed by atoms with van der Waals surface area (Å²) in [6.45, 7) is 5.54. The summed E-state index contributed by atoms with van der Waals surface area (Å²) in [4.78, 5) is 33.4. The van der Waals surface area contributed by atoms with E-state index in [1.807, 2.05) is 81.5 Å². The quantitative estimate of drug-likeness (QED) is 0.288. The molecule has 0 unspecified atom stereocenters. The molecule has 0 fully saturated rings. The Kier molecular flexibility index (Phi) is 7.13. The fourth-order valence-electron chi connectivity index (χ4n) is 3.58. The zero-order valence-electron chi connectivity index (χ0n) is 19.7. The van der Waals surface area contributed by atoms with Crippen LogP contribution in [-0.2, 0) is 4.74 Å². The Balaban J connectivity index is 2.23. The second-order valence-corrected chi connectivity index (χ2v) is 24.0. The van der Waals surface area contributed by atoms with Crippen molar-refractivity contribution >= 4 is 46.1 Å². The number of hydrogen-bond donors (Lipinski definition) is 0. The molecule has 0 radical (unpaired) electrons. The van der Waals surface area contributed by atoms with Gasteiger partial charge in [-0.25, -0.2) is 0 Å². The van der Waals surface area contributed by atoms with Crippen molar-refractivity contribution in [3.8, 4) is 0 Å². The molecule has 5 heteroatoms. The molecule has 0 bridgehead atoms. The fourth-order valence-corrected chi connectivity index (χ4v) is 9.02. The van der Waals surface area contributed by atoms with Gasteiger partial charge in [0.15, 0.2) is 0 Å². The third-order valence-electron chi connectivity index (χ3n) is 4.87. The van der Waals surface area contributed by atoms with Gasteiger partial charge in [-0.05, 0) is 0 Å². The molecule has 4 nitrogen and oxygen atoms in total. The number of hydrogen-bond acceptors (Lipinski definition) is 3. The summed E-state index contributed by atoms with van der Waals surface area (Å²) in [5, 5.41) is 0. The fraction of sp³-hybridized carbons (Fsp3) is 0.259. The molecule has 166 valence electrons. The SMILES string of the molecule is CC(C)(C)OC(=O)n1cc(C(=O)c2ccccc2)c(/C=C/c2ccccc2)[c]1[Sn]([CH3])([CH3])[CH3]. The van der Waals surface area contributed by atoms with Crippen molar-refractivity contribution in [2.24, 2.45) is 0 Å². The standard InChI is InChI=1S/C24H22NO3.3CH3.Sn/c1-24(2,3)28-23(27)25-16-20(15-14-18-10-6-4-7-11-18)21(17-25)22(26)19-12-8-5-9-13-19;;;;/h4-15,17H,1-3H3;3*1H3;/b15-14+;;;;. The van der Waals surface area contributed by atoms with Crippen LogP contribution in [0.4, 0.5) is 4.79 Å². The first kappa shape index (κ1) is 24.0. The van der Waals surface area contributed by atoms with Crippen LogP contribution in [0.2, 0.25) is 14.8 Å². The van der Waals surface area contributed by atoms with Crippen molar-refractivity contribution in [3.05, 3.63) is 89.1 Å². The van der Waals surface area contributed by atoms with Crippen molar-refractivity contribution in [2.45, 2.75) is 41.2 Å². The van der Waals surface area contributed by atoms with Crippen LogP contribution >= 0.6 is 0 Å². The molecule has 3 rings (SSSR count). The molecule has 0 aliphatic rings. The van der Waals surface area contributed by atoms with E-state index < -0.39 is 30.1 Å². The monoisotopic (exact) mass is 537 g/mol. The Morgan fingerprint density at radius 2 is 1.44 bits per heavy atom. The first-order valence-corrected chi connectivity index (χ1v) is 20.8. The summed E-state index contributed by atoms with van der Waals surface area (Å²) in [5.41, 5.74) is 2.34. The van der Waals surface area contributed by atoms with Gasteiger partial charge in [-0.3, -0.25) is 0 Å². The number of benzene rings is 2. The summed E-state index contributed by atoms with van der Waals surface area (Å²) in [6, 6.07) is 19.1. The van der Waals surface area contributed by atoms with Gasteiger partial charge in [0.25, 0.3) is 0 Å². The van der Waals surface area contributed by atoms with Gasteiger partial charge in [-0.2, -0.15) is 0 Å². The van der Waals surface area contributed by atoms with E-state index in [0.717, 1.165) is 14.8 Å². The number of rotatable bonds is 5. The van der Waals surface area contributed by atoms with Gasteiger partial charge in [-0.1, -0.05) is 0 Å². The second kappa shape index (κ2) is 9.49. The van der Waals surface area contributed by atoms with Crippen LogP contribution in [0.5, 0.6) is 0 Å². The molecule has 32 heavy (non-hydrogen) atoms. The molecule has 2 aromatic carbocycles. The molecule has 1 aromatic heterocycles. The van der Waals surface area contributed by atoms with Crippen LogP contribution in [-0.4, -0.2) is 40.4 Å².